The Morgan fingerprint density at radius 2 is 2.33 bits per heavy atom. The van der Waals surface area contributed by atoms with Crippen LogP contribution in [0.3, 0.4) is 0 Å². The van der Waals surface area contributed by atoms with Crippen molar-refractivity contribution in [1.82, 2.24) is 20.2 Å². The van der Waals surface area contributed by atoms with Gasteiger partial charge in [0.1, 0.15) is 17.2 Å². The third-order valence-corrected chi connectivity index (χ3v) is 2.42. The second-order valence-electron chi connectivity index (χ2n) is 2.70. The number of nitrogens with zero attached hydrogens (tertiary/aromatic N) is 3. The highest BCUT2D eigenvalue weighted by Crippen LogP contribution is 2.19. The summed E-state index contributed by atoms with van der Waals surface area (Å²) in [6, 6.07) is 0. The van der Waals surface area contributed by atoms with E-state index in [1.54, 1.807) is 0 Å². The first-order valence-electron chi connectivity index (χ1n) is 4.22. The van der Waals surface area contributed by atoms with Crippen LogP contribution in [0, 0.1) is 11.8 Å². The highest BCUT2D eigenvalue weighted by Gasteiger charge is 2.08. The van der Waals surface area contributed by atoms with Crippen molar-refractivity contribution in [3.05, 3.63) is 17.2 Å². The molecule has 15 heavy (non-hydrogen) atoms. The molecule has 0 amide bonds. The Morgan fingerprint density at radius 1 is 1.47 bits per heavy atom. The number of hydrogen-bond acceptors (Lipinski definition) is 3. The first-order chi connectivity index (χ1) is 7.33. The zero-order valence-corrected chi connectivity index (χ0v) is 9.93. The van der Waals surface area contributed by atoms with Crippen molar-refractivity contribution in [2.75, 3.05) is 5.33 Å². The van der Waals surface area contributed by atoms with Crippen molar-refractivity contribution in [3.63, 3.8) is 0 Å². The van der Waals surface area contributed by atoms with Crippen LogP contribution in [-0.4, -0.2) is 25.5 Å². The SMILES string of the molecule is Clc1ncnc2n[nH]c(C#CCCBr)c12. The zero-order valence-electron chi connectivity index (χ0n) is 7.59. The molecule has 0 saturated carbocycles. The first-order valence-corrected chi connectivity index (χ1v) is 5.72. The average molecular weight is 286 g/mol. The summed E-state index contributed by atoms with van der Waals surface area (Å²) in [5.41, 5.74) is 1.20. The molecule has 0 aliphatic rings. The zero-order chi connectivity index (χ0) is 10.7. The van der Waals surface area contributed by atoms with E-state index < -0.39 is 0 Å². The monoisotopic (exact) mass is 284 g/mol. The fraction of sp³-hybridized carbons (Fsp3) is 0.222. The number of aromatic nitrogens is 4. The minimum absolute atomic E-state index is 0.372. The number of aromatic amines is 1. The quantitative estimate of drug-likeness (QED) is 0.496. The van der Waals surface area contributed by atoms with E-state index in [4.69, 9.17) is 11.6 Å². The molecule has 1 N–H and O–H groups in total. The van der Waals surface area contributed by atoms with E-state index in [9.17, 15) is 0 Å². The van der Waals surface area contributed by atoms with Gasteiger partial charge >= 0.3 is 0 Å². The molecular formula is C9H6BrClN4. The van der Waals surface area contributed by atoms with E-state index in [1.165, 1.54) is 6.33 Å². The predicted octanol–water partition coefficient (Wildman–Crippen LogP) is 2.14. The Kier molecular flexibility index (Phi) is 3.19. The molecule has 2 heterocycles. The van der Waals surface area contributed by atoms with Gasteiger partial charge in [-0.25, -0.2) is 9.97 Å². The molecule has 0 radical (unpaired) electrons. The summed E-state index contributed by atoms with van der Waals surface area (Å²) in [4.78, 5) is 7.86. The summed E-state index contributed by atoms with van der Waals surface area (Å²) in [6.45, 7) is 0. The van der Waals surface area contributed by atoms with Crippen LogP contribution in [0.2, 0.25) is 5.15 Å². The highest BCUT2D eigenvalue weighted by molar-refractivity contribution is 9.09. The molecule has 0 fully saturated rings. The molecule has 0 spiro atoms. The first kappa shape index (κ1) is 10.4. The number of alkyl halides is 1. The molecule has 0 unspecified atom stereocenters. The summed E-state index contributed by atoms with van der Waals surface area (Å²) in [6.07, 6.45) is 2.15. The van der Waals surface area contributed by atoms with Gasteiger partial charge in [0.05, 0.1) is 5.39 Å². The van der Waals surface area contributed by atoms with E-state index in [0.29, 0.717) is 21.9 Å². The molecule has 0 aromatic carbocycles. The molecule has 0 aliphatic carbocycles. The van der Waals surface area contributed by atoms with Gasteiger partial charge < -0.3 is 0 Å². The molecule has 76 valence electrons. The molecule has 0 saturated heterocycles. The van der Waals surface area contributed by atoms with Crippen molar-refractivity contribution in [2.45, 2.75) is 6.42 Å². The molecule has 6 heteroatoms. The number of rotatable bonds is 1. The molecule has 0 atom stereocenters. The van der Waals surface area contributed by atoms with Crippen molar-refractivity contribution >= 4 is 38.6 Å². The van der Waals surface area contributed by atoms with Crippen molar-refractivity contribution in [3.8, 4) is 11.8 Å². The van der Waals surface area contributed by atoms with Gasteiger partial charge in [-0.15, -0.1) is 0 Å². The molecule has 4 nitrogen and oxygen atoms in total. The van der Waals surface area contributed by atoms with Gasteiger partial charge in [-0.2, -0.15) is 5.10 Å². The van der Waals surface area contributed by atoms with Gasteiger partial charge in [0.25, 0.3) is 0 Å². The van der Waals surface area contributed by atoms with Crippen molar-refractivity contribution < 1.29 is 0 Å². The number of H-pyrrole nitrogens is 1. The van der Waals surface area contributed by atoms with Crippen LogP contribution in [0.4, 0.5) is 0 Å². The lowest BCUT2D eigenvalue weighted by atomic mass is 10.3. The summed E-state index contributed by atoms with van der Waals surface area (Å²) in [7, 11) is 0. The van der Waals surface area contributed by atoms with Crippen LogP contribution in [0.1, 0.15) is 12.1 Å². The van der Waals surface area contributed by atoms with E-state index in [-0.39, 0.29) is 0 Å². The maximum atomic E-state index is 5.93. The minimum Gasteiger partial charge on any atom is -0.267 e. The second kappa shape index (κ2) is 4.60. The van der Waals surface area contributed by atoms with Gasteiger partial charge in [0.2, 0.25) is 0 Å². The standard InChI is InChI=1S/C9H6BrClN4/c10-4-2-1-3-6-7-8(11)12-5-13-9(7)15-14-6/h5H,2,4H2,(H,12,13,14,15). The third kappa shape index (κ3) is 2.11. The maximum Gasteiger partial charge on any atom is 0.186 e. The van der Waals surface area contributed by atoms with Crippen LogP contribution in [0.25, 0.3) is 11.0 Å². The summed E-state index contributed by atoms with van der Waals surface area (Å²) in [5.74, 6) is 5.92. The topological polar surface area (TPSA) is 54.5 Å². The fourth-order valence-corrected chi connectivity index (χ4v) is 1.53. The largest absolute Gasteiger partial charge is 0.267 e. The van der Waals surface area contributed by atoms with E-state index in [0.717, 1.165) is 11.8 Å². The number of hydrogen-bond donors (Lipinski definition) is 1. The maximum absolute atomic E-state index is 5.93. The van der Waals surface area contributed by atoms with Crippen molar-refractivity contribution in [2.24, 2.45) is 0 Å². The number of nitrogens with one attached hydrogen (secondary N) is 1. The highest BCUT2D eigenvalue weighted by atomic mass is 79.9. The Hall–Kier alpha value is -1.12. The Labute approximate surface area is 99.6 Å². The molecule has 0 aliphatic heterocycles. The molecule has 2 aromatic heterocycles. The van der Waals surface area contributed by atoms with E-state index >= 15 is 0 Å². The Morgan fingerprint density at radius 3 is 3.13 bits per heavy atom. The lowest BCUT2D eigenvalue weighted by Crippen LogP contribution is -1.82. The van der Waals surface area contributed by atoms with Gasteiger partial charge in [-0.05, 0) is 5.92 Å². The molecule has 2 rings (SSSR count). The van der Waals surface area contributed by atoms with Gasteiger partial charge in [0, 0.05) is 11.8 Å². The summed E-state index contributed by atoms with van der Waals surface area (Å²) >= 11 is 9.23. The number of fused-ring (bicyclic) bond motifs is 1. The summed E-state index contributed by atoms with van der Waals surface area (Å²) < 4.78 is 0. The van der Waals surface area contributed by atoms with Gasteiger partial charge in [-0.3, -0.25) is 5.10 Å². The minimum atomic E-state index is 0.372. The normalized spacial score (nSPS) is 10.0. The van der Waals surface area contributed by atoms with Crippen LogP contribution < -0.4 is 0 Å². The molecule has 2 aromatic rings. The third-order valence-electron chi connectivity index (χ3n) is 1.74. The lowest BCUT2D eigenvalue weighted by molar-refractivity contribution is 1.08. The average Bonchev–Trinajstić information content (AvgIpc) is 2.63. The Balaban J connectivity index is 2.50. The smallest absolute Gasteiger partial charge is 0.186 e. The Bertz CT molecular complexity index is 540. The fourth-order valence-electron chi connectivity index (χ4n) is 1.11. The van der Waals surface area contributed by atoms with Crippen LogP contribution in [0.5, 0.6) is 0 Å². The van der Waals surface area contributed by atoms with E-state index in [1.807, 2.05) is 0 Å². The van der Waals surface area contributed by atoms with Crippen LogP contribution in [0.15, 0.2) is 6.33 Å². The molecule has 0 bridgehead atoms. The predicted molar refractivity (Wildman–Crippen MR) is 62.0 cm³/mol. The summed E-state index contributed by atoms with van der Waals surface area (Å²) in [5, 5.41) is 8.67. The second-order valence-corrected chi connectivity index (χ2v) is 3.85. The lowest BCUT2D eigenvalue weighted by Gasteiger charge is -1.89. The van der Waals surface area contributed by atoms with Gasteiger partial charge in [0.15, 0.2) is 5.65 Å². The van der Waals surface area contributed by atoms with Crippen LogP contribution >= 0.6 is 27.5 Å². The van der Waals surface area contributed by atoms with E-state index in [2.05, 4.69) is 47.9 Å². The molecular weight excluding hydrogens is 279 g/mol. The van der Waals surface area contributed by atoms with Gasteiger partial charge in [-0.1, -0.05) is 33.5 Å². The number of halogens is 2. The van der Waals surface area contributed by atoms with Crippen LogP contribution in [-0.2, 0) is 0 Å². The van der Waals surface area contributed by atoms with Crippen molar-refractivity contribution in [1.29, 1.82) is 0 Å².